The maximum Gasteiger partial charge on any atom is 0.321 e. The maximum atomic E-state index is 13.2. The Morgan fingerprint density at radius 3 is 2.09 bits per heavy atom. The monoisotopic (exact) mass is 416 g/mol. The molecule has 154 valence electrons. The van der Waals surface area contributed by atoms with Crippen molar-refractivity contribution in [3.63, 3.8) is 0 Å². The fourth-order valence-corrected chi connectivity index (χ4v) is 4.50. The molecule has 2 amide bonds. The summed E-state index contributed by atoms with van der Waals surface area (Å²) in [5.41, 5.74) is 6.98. The van der Waals surface area contributed by atoms with Crippen LogP contribution < -0.4 is 10.6 Å². The van der Waals surface area contributed by atoms with Crippen LogP contribution in [-0.2, 0) is 0 Å². The Hall–Kier alpha value is -4.38. The third-order valence-corrected chi connectivity index (χ3v) is 5.92. The van der Waals surface area contributed by atoms with E-state index in [0.29, 0.717) is 5.82 Å². The van der Waals surface area contributed by atoms with E-state index in [2.05, 4.69) is 34.9 Å². The third kappa shape index (κ3) is 2.94. The van der Waals surface area contributed by atoms with Crippen LogP contribution in [0.4, 0.5) is 10.6 Å². The van der Waals surface area contributed by atoms with Crippen molar-refractivity contribution in [1.29, 1.82) is 0 Å². The van der Waals surface area contributed by atoms with Crippen molar-refractivity contribution < 1.29 is 4.79 Å². The van der Waals surface area contributed by atoms with Crippen LogP contribution in [0.25, 0.3) is 28.0 Å². The summed E-state index contributed by atoms with van der Waals surface area (Å²) < 4.78 is 1.90. The highest BCUT2D eigenvalue weighted by Crippen LogP contribution is 2.43. The van der Waals surface area contributed by atoms with Gasteiger partial charge in [0.25, 0.3) is 0 Å². The van der Waals surface area contributed by atoms with Crippen LogP contribution in [0.3, 0.4) is 0 Å². The van der Waals surface area contributed by atoms with Crippen molar-refractivity contribution in [3.8, 4) is 22.4 Å². The number of nitrogens with zero attached hydrogens (tertiary/aromatic N) is 2. The van der Waals surface area contributed by atoms with Crippen LogP contribution in [0.2, 0.25) is 0 Å². The van der Waals surface area contributed by atoms with E-state index in [0.717, 1.165) is 39.2 Å². The minimum absolute atomic E-state index is 0.207. The second-order valence-corrected chi connectivity index (χ2v) is 7.81. The molecule has 0 spiro atoms. The molecule has 0 saturated heterocycles. The van der Waals surface area contributed by atoms with Gasteiger partial charge in [-0.15, -0.1) is 0 Å². The molecule has 0 bridgehead atoms. The molecule has 2 aromatic heterocycles. The molecule has 6 rings (SSSR count). The van der Waals surface area contributed by atoms with Gasteiger partial charge in [-0.2, -0.15) is 0 Å². The number of nitrogens with one attached hydrogen (secondary N) is 2. The highest BCUT2D eigenvalue weighted by atomic mass is 16.2. The summed E-state index contributed by atoms with van der Waals surface area (Å²) in [7, 11) is 0. The standard InChI is InChI=1S/C27H20N4O/c32-27(29-25-21-14-6-4-12-19(21)20-13-5-7-15-22(20)25)30-26-24(18-10-2-1-3-11-18)28-23-16-8-9-17-31(23)26/h1-17,25H,(H2,29,30,32). The molecule has 5 nitrogen and oxygen atoms in total. The Morgan fingerprint density at radius 2 is 1.38 bits per heavy atom. The van der Waals surface area contributed by atoms with E-state index in [-0.39, 0.29) is 12.1 Å². The summed E-state index contributed by atoms with van der Waals surface area (Å²) in [4.78, 5) is 18.0. The van der Waals surface area contributed by atoms with Gasteiger partial charge in [0.05, 0.1) is 6.04 Å². The third-order valence-electron chi connectivity index (χ3n) is 5.92. The number of amides is 2. The Bertz CT molecular complexity index is 1410. The fraction of sp³-hybridized carbons (Fsp3) is 0.0370. The van der Waals surface area contributed by atoms with Crippen molar-refractivity contribution in [2.75, 3.05) is 5.32 Å². The summed E-state index contributed by atoms with van der Waals surface area (Å²) in [5, 5.41) is 6.25. The predicted molar refractivity (Wildman–Crippen MR) is 127 cm³/mol. The number of rotatable bonds is 3. The molecule has 1 aliphatic carbocycles. The lowest BCUT2D eigenvalue weighted by Gasteiger charge is -2.17. The lowest BCUT2D eigenvalue weighted by atomic mass is 10.1. The molecule has 32 heavy (non-hydrogen) atoms. The summed E-state index contributed by atoms with van der Waals surface area (Å²) in [6.07, 6.45) is 1.91. The quantitative estimate of drug-likeness (QED) is 0.385. The van der Waals surface area contributed by atoms with Crippen molar-refractivity contribution in [2.45, 2.75) is 6.04 Å². The number of carbonyl (C=O) groups excluding carboxylic acids is 1. The van der Waals surface area contributed by atoms with E-state index in [1.165, 1.54) is 0 Å². The van der Waals surface area contributed by atoms with Crippen LogP contribution in [0.15, 0.2) is 103 Å². The van der Waals surface area contributed by atoms with Gasteiger partial charge in [-0.25, -0.2) is 9.78 Å². The highest BCUT2D eigenvalue weighted by Gasteiger charge is 2.29. The van der Waals surface area contributed by atoms with Gasteiger partial charge < -0.3 is 5.32 Å². The average Bonchev–Trinajstić information content (AvgIpc) is 3.36. The number of aromatic nitrogens is 2. The topological polar surface area (TPSA) is 58.4 Å². The average molecular weight is 416 g/mol. The van der Waals surface area contributed by atoms with Gasteiger partial charge >= 0.3 is 6.03 Å². The highest BCUT2D eigenvalue weighted by molar-refractivity contribution is 5.95. The van der Waals surface area contributed by atoms with Gasteiger partial charge in [-0.1, -0.05) is 84.9 Å². The number of anilines is 1. The SMILES string of the molecule is O=C(Nc1c(-c2ccccc2)nc2ccccn12)NC1c2ccccc2-c2ccccc21. The van der Waals surface area contributed by atoms with Gasteiger partial charge in [-0.05, 0) is 34.4 Å². The number of urea groups is 1. The fourth-order valence-electron chi connectivity index (χ4n) is 4.50. The number of fused-ring (bicyclic) bond motifs is 4. The lowest BCUT2D eigenvalue weighted by Crippen LogP contribution is -2.32. The van der Waals surface area contributed by atoms with E-state index in [1.807, 2.05) is 83.4 Å². The van der Waals surface area contributed by atoms with Gasteiger partial charge in [0, 0.05) is 11.8 Å². The molecule has 0 aliphatic heterocycles. The molecule has 0 radical (unpaired) electrons. The first-order valence-corrected chi connectivity index (χ1v) is 10.6. The van der Waals surface area contributed by atoms with E-state index in [4.69, 9.17) is 4.98 Å². The molecule has 2 N–H and O–H groups in total. The molecule has 1 aliphatic rings. The molecule has 2 heterocycles. The van der Waals surface area contributed by atoms with Gasteiger partial charge in [0.1, 0.15) is 17.2 Å². The van der Waals surface area contributed by atoms with Crippen LogP contribution in [0.5, 0.6) is 0 Å². The molecule has 0 saturated carbocycles. The summed E-state index contributed by atoms with van der Waals surface area (Å²) in [5.74, 6) is 0.642. The summed E-state index contributed by atoms with van der Waals surface area (Å²) in [6, 6.07) is 31.6. The van der Waals surface area contributed by atoms with Crippen molar-refractivity contribution in [2.24, 2.45) is 0 Å². The number of hydrogen-bond donors (Lipinski definition) is 2. The predicted octanol–water partition coefficient (Wildman–Crippen LogP) is 5.89. The van der Waals surface area contributed by atoms with Crippen LogP contribution in [-0.4, -0.2) is 15.4 Å². The lowest BCUT2D eigenvalue weighted by molar-refractivity contribution is 0.250. The summed E-state index contributed by atoms with van der Waals surface area (Å²) >= 11 is 0. The van der Waals surface area contributed by atoms with Crippen LogP contribution in [0.1, 0.15) is 17.2 Å². The Kier molecular flexibility index (Phi) is 4.25. The zero-order valence-electron chi connectivity index (χ0n) is 17.2. The van der Waals surface area contributed by atoms with Crippen molar-refractivity contribution >= 4 is 17.5 Å². The zero-order valence-corrected chi connectivity index (χ0v) is 17.2. The molecule has 3 aromatic carbocycles. The van der Waals surface area contributed by atoms with Crippen LogP contribution >= 0.6 is 0 Å². The molecule has 5 aromatic rings. The first-order valence-electron chi connectivity index (χ1n) is 10.6. The number of hydrogen-bond acceptors (Lipinski definition) is 2. The van der Waals surface area contributed by atoms with E-state index in [1.54, 1.807) is 0 Å². The minimum Gasteiger partial charge on any atom is -0.327 e. The molecular weight excluding hydrogens is 396 g/mol. The smallest absolute Gasteiger partial charge is 0.321 e. The van der Waals surface area contributed by atoms with Crippen molar-refractivity contribution in [3.05, 3.63) is 114 Å². The first kappa shape index (κ1) is 18.4. The van der Waals surface area contributed by atoms with Gasteiger partial charge in [0.15, 0.2) is 0 Å². The van der Waals surface area contributed by atoms with Gasteiger partial charge in [-0.3, -0.25) is 9.72 Å². The molecule has 0 atom stereocenters. The molecule has 5 heteroatoms. The Morgan fingerprint density at radius 1 is 0.750 bits per heavy atom. The van der Waals surface area contributed by atoms with E-state index in [9.17, 15) is 4.79 Å². The Balaban J connectivity index is 1.37. The van der Waals surface area contributed by atoms with Crippen molar-refractivity contribution in [1.82, 2.24) is 14.7 Å². The molecular formula is C27H20N4O. The second kappa shape index (κ2) is 7.39. The maximum absolute atomic E-state index is 13.2. The molecule has 0 unspecified atom stereocenters. The second-order valence-electron chi connectivity index (χ2n) is 7.81. The summed E-state index contributed by atoms with van der Waals surface area (Å²) in [6.45, 7) is 0. The zero-order chi connectivity index (χ0) is 21.5. The molecule has 0 fully saturated rings. The van der Waals surface area contributed by atoms with E-state index < -0.39 is 0 Å². The van der Waals surface area contributed by atoms with Gasteiger partial charge in [0.2, 0.25) is 0 Å². The number of imidazole rings is 1. The number of pyridine rings is 1. The normalized spacial score (nSPS) is 12.4. The minimum atomic E-state index is -0.274. The number of carbonyl (C=O) groups is 1. The van der Waals surface area contributed by atoms with Crippen LogP contribution in [0, 0.1) is 0 Å². The number of benzene rings is 3. The Labute approximate surface area is 185 Å². The first-order chi connectivity index (χ1) is 15.8. The van der Waals surface area contributed by atoms with E-state index >= 15 is 0 Å². The largest absolute Gasteiger partial charge is 0.327 e.